The summed E-state index contributed by atoms with van der Waals surface area (Å²) in [7, 11) is 3.94. The standard InChI is InChI=1S/C21H24N4O4.ClH/c1-4-28-21(27)25-9-7-24(8-10-25)15-11-17(26)20-19(13-15)29-18-12-14(23(2)3)5-6-16(18)22-20;/h5-6,11-13H,4,7-10H2,1-3H3;1H. The van der Waals surface area contributed by atoms with E-state index in [-0.39, 0.29) is 23.9 Å². The molecular weight excluding hydrogens is 408 g/mol. The van der Waals surface area contributed by atoms with Gasteiger partial charge in [0.05, 0.1) is 6.61 Å². The van der Waals surface area contributed by atoms with E-state index in [0.717, 1.165) is 16.9 Å². The van der Waals surface area contributed by atoms with Crippen LogP contribution >= 0.6 is 0 Å². The predicted octanol–water partition coefficient (Wildman–Crippen LogP) is -0.940. The van der Waals surface area contributed by atoms with E-state index in [2.05, 4.69) is 9.88 Å². The molecule has 1 saturated heterocycles. The maximum absolute atomic E-state index is 12.7. The molecule has 1 aromatic rings. The molecule has 2 aliphatic heterocycles. The number of nitrogens with one attached hydrogen (secondary N) is 1. The molecule has 0 aromatic heterocycles. The highest BCUT2D eigenvalue weighted by atomic mass is 35.5. The molecule has 1 amide bonds. The van der Waals surface area contributed by atoms with Gasteiger partial charge in [0, 0.05) is 75.9 Å². The molecule has 4 rings (SSSR count). The van der Waals surface area contributed by atoms with Gasteiger partial charge in [-0.3, -0.25) is 4.79 Å². The number of amides is 1. The number of carbonyl (C=O) groups excluding carboxylic acids is 1. The average Bonchev–Trinajstić information content (AvgIpc) is 2.72. The van der Waals surface area contributed by atoms with Crippen LogP contribution in [0, 0.1) is 0 Å². The largest absolute Gasteiger partial charge is 1.00 e. The Bertz CT molecular complexity index is 1080. The van der Waals surface area contributed by atoms with Gasteiger partial charge in [0.25, 0.3) is 11.1 Å². The molecule has 1 aliphatic carbocycles. The molecule has 9 heteroatoms. The lowest BCUT2D eigenvalue weighted by atomic mass is 10.1. The van der Waals surface area contributed by atoms with E-state index in [1.807, 2.05) is 43.3 Å². The predicted molar refractivity (Wildman–Crippen MR) is 111 cm³/mol. The van der Waals surface area contributed by atoms with Crippen molar-refractivity contribution in [1.82, 2.24) is 4.90 Å². The maximum Gasteiger partial charge on any atom is 0.409 e. The molecule has 0 atom stereocenters. The van der Waals surface area contributed by atoms with Crippen LogP contribution in [0.2, 0.25) is 0 Å². The van der Waals surface area contributed by atoms with E-state index in [4.69, 9.17) is 9.15 Å². The molecule has 0 unspecified atom stereocenters. The van der Waals surface area contributed by atoms with Gasteiger partial charge >= 0.3 is 6.09 Å². The van der Waals surface area contributed by atoms with E-state index in [1.54, 1.807) is 17.9 Å². The van der Waals surface area contributed by atoms with Crippen LogP contribution in [0.4, 0.5) is 16.2 Å². The van der Waals surface area contributed by atoms with Crippen molar-refractivity contribution in [3.05, 3.63) is 40.6 Å². The van der Waals surface area contributed by atoms with Gasteiger partial charge in [-0.2, -0.15) is 4.98 Å². The van der Waals surface area contributed by atoms with Gasteiger partial charge in [-0.1, -0.05) is 0 Å². The number of nitrogens with zero attached hydrogens (tertiary/aromatic N) is 3. The Morgan fingerprint density at radius 3 is 2.57 bits per heavy atom. The molecule has 0 radical (unpaired) electrons. The SMILES string of the molecule is CCOC(=O)N1CCN(c2cc3oc4cc(N(C)C)ccc4[nH+]c-3c(=O)c2)CC1.[Cl-]. The van der Waals surface area contributed by atoms with Gasteiger partial charge in [-0.05, 0) is 13.0 Å². The van der Waals surface area contributed by atoms with Crippen molar-refractivity contribution in [3.8, 4) is 11.5 Å². The zero-order valence-electron chi connectivity index (χ0n) is 17.3. The van der Waals surface area contributed by atoms with Gasteiger partial charge < -0.3 is 36.3 Å². The lowest BCUT2D eigenvalue weighted by molar-refractivity contribution is -0.335. The highest BCUT2D eigenvalue weighted by Gasteiger charge is 2.26. The fourth-order valence-corrected chi connectivity index (χ4v) is 3.55. The average molecular weight is 433 g/mol. The summed E-state index contributed by atoms with van der Waals surface area (Å²) in [6, 6.07) is 9.33. The molecule has 0 saturated carbocycles. The van der Waals surface area contributed by atoms with Crippen LogP contribution < -0.4 is 32.6 Å². The molecule has 2 heterocycles. The zero-order valence-corrected chi connectivity index (χ0v) is 18.0. The van der Waals surface area contributed by atoms with Gasteiger partial charge in [-0.25, -0.2) is 4.79 Å². The number of piperazine rings is 1. The van der Waals surface area contributed by atoms with Crippen molar-refractivity contribution in [2.75, 3.05) is 56.7 Å². The highest BCUT2D eigenvalue weighted by Crippen LogP contribution is 2.27. The first kappa shape index (κ1) is 21.7. The Kier molecular flexibility index (Phi) is 6.36. The van der Waals surface area contributed by atoms with Crippen LogP contribution in [0.25, 0.3) is 22.6 Å². The summed E-state index contributed by atoms with van der Waals surface area (Å²) in [5.41, 5.74) is 3.61. The van der Waals surface area contributed by atoms with Crippen LogP contribution in [0.15, 0.2) is 39.5 Å². The number of H-pyrrole nitrogens is 1. The number of anilines is 2. The monoisotopic (exact) mass is 432 g/mol. The number of hydrogen-bond acceptors (Lipinski definition) is 6. The van der Waals surface area contributed by atoms with Gasteiger partial charge in [0.2, 0.25) is 16.9 Å². The summed E-state index contributed by atoms with van der Waals surface area (Å²) in [6.07, 6.45) is -0.289. The quantitative estimate of drug-likeness (QED) is 0.497. The van der Waals surface area contributed by atoms with Crippen LogP contribution in [-0.4, -0.2) is 57.9 Å². The summed E-state index contributed by atoms with van der Waals surface area (Å²) in [5, 5.41) is 0. The minimum Gasteiger partial charge on any atom is -1.00 e. The lowest BCUT2D eigenvalue weighted by Gasteiger charge is -2.35. The van der Waals surface area contributed by atoms with E-state index in [0.29, 0.717) is 49.8 Å². The van der Waals surface area contributed by atoms with Crippen molar-refractivity contribution in [3.63, 3.8) is 0 Å². The van der Waals surface area contributed by atoms with Crippen molar-refractivity contribution in [1.29, 1.82) is 0 Å². The third-order valence-corrected chi connectivity index (χ3v) is 5.18. The summed E-state index contributed by atoms with van der Waals surface area (Å²) < 4.78 is 11.1. The van der Waals surface area contributed by atoms with Crippen molar-refractivity contribution in [2.45, 2.75) is 6.92 Å². The summed E-state index contributed by atoms with van der Waals surface area (Å²) in [6.45, 7) is 4.53. The fraction of sp³-hybridized carbons (Fsp3) is 0.381. The normalized spacial score (nSPS) is 14.0. The molecule has 0 bridgehead atoms. The molecule has 30 heavy (non-hydrogen) atoms. The Labute approximate surface area is 180 Å². The number of benzene rings is 2. The van der Waals surface area contributed by atoms with Gasteiger partial charge in [-0.15, -0.1) is 0 Å². The number of aromatic nitrogens is 1. The Morgan fingerprint density at radius 1 is 1.17 bits per heavy atom. The minimum absolute atomic E-state index is 0. The molecule has 8 nitrogen and oxygen atoms in total. The third kappa shape index (κ3) is 4.14. The molecule has 0 spiro atoms. The van der Waals surface area contributed by atoms with Gasteiger partial charge in [0.1, 0.15) is 0 Å². The smallest absolute Gasteiger partial charge is 0.409 e. The topological polar surface area (TPSA) is 80.4 Å². The van der Waals surface area contributed by atoms with Crippen molar-refractivity contribution >= 4 is 28.6 Å². The summed E-state index contributed by atoms with van der Waals surface area (Å²) in [4.78, 5) is 33.6. The number of halogens is 1. The minimum atomic E-state index is -0.289. The van der Waals surface area contributed by atoms with Crippen LogP contribution in [0.3, 0.4) is 0 Å². The number of carbonyl (C=O) groups is 1. The van der Waals surface area contributed by atoms with Crippen LogP contribution in [0.1, 0.15) is 6.92 Å². The molecule has 1 N–H and O–H groups in total. The Morgan fingerprint density at radius 2 is 1.90 bits per heavy atom. The number of fused-ring (bicyclic) bond motifs is 2. The number of hydrogen-bond donors (Lipinski definition) is 0. The molecule has 1 fully saturated rings. The van der Waals surface area contributed by atoms with Crippen LogP contribution in [0.5, 0.6) is 0 Å². The fourth-order valence-electron chi connectivity index (χ4n) is 3.55. The van der Waals surface area contributed by atoms with E-state index in [1.165, 1.54) is 0 Å². The number of rotatable bonds is 3. The van der Waals surface area contributed by atoms with E-state index in [9.17, 15) is 9.59 Å². The van der Waals surface area contributed by atoms with E-state index < -0.39 is 0 Å². The van der Waals surface area contributed by atoms with Crippen molar-refractivity contribution in [2.24, 2.45) is 0 Å². The molecule has 3 aliphatic rings. The molecule has 1 aromatic carbocycles. The van der Waals surface area contributed by atoms with Gasteiger partial charge in [0.15, 0.2) is 0 Å². The number of aromatic amines is 1. The third-order valence-electron chi connectivity index (χ3n) is 5.18. The summed E-state index contributed by atoms with van der Waals surface area (Å²) >= 11 is 0. The Balaban J connectivity index is 0.00000256. The second-order valence-corrected chi connectivity index (χ2v) is 7.29. The maximum atomic E-state index is 12.7. The zero-order chi connectivity index (χ0) is 20.5. The first-order valence-corrected chi connectivity index (χ1v) is 9.74. The molecular formula is C21H25ClN4O4. The van der Waals surface area contributed by atoms with E-state index >= 15 is 0 Å². The van der Waals surface area contributed by atoms with Crippen LogP contribution in [-0.2, 0) is 4.74 Å². The first-order valence-electron chi connectivity index (χ1n) is 9.74. The second-order valence-electron chi connectivity index (χ2n) is 7.29. The second kappa shape index (κ2) is 8.79. The first-order chi connectivity index (χ1) is 14.0. The molecule has 160 valence electrons. The van der Waals surface area contributed by atoms with Crippen molar-refractivity contribution < 1.29 is 31.3 Å². The summed E-state index contributed by atoms with van der Waals surface area (Å²) in [5.74, 6) is 0.517. The Hall–Kier alpha value is -3.00. The lowest BCUT2D eigenvalue weighted by Crippen LogP contribution is -3.00. The highest BCUT2D eigenvalue weighted by molar-refractivity contribution is 5.77. The number of ether oxygens (including phenoxy) is 1.